The monoisotopic (exact) mass is 227 g/mol. The zero-order valence-electron chi connectivity index (χ0n) is 8.84. The molecule has 1 N–H and O–H groups in total. The highest BCUT2D eigenvalue weighted by molar-refractivity contribution is 6.31. The summed E-state index contributed by atoms with van der Waals surface area (Å²) in [4.78, 5) is 11.1. The summed E-state index contributed by atoms with van der Waals surface area (Å²) in [6.45, 7) is 2.20. The molecule has 0 bridgehead atoms. The predicted molar refractivity (Wildman–Crippen MR) is 60.1 cm³/mol. The molecule has 82 valence electrons. The first-order valence-corrected chi connectivity index (χ1v) is 5.15. The molecule has 0 aliphatic carbocycles. The van der Waals surface area contributed by atoms with E-state index in [0.717, 1.165) is 5.56 Å². The summed E-state index contributed by atoms with van der Waals surface area (Å²) in [7, 11) is 1.58. The molecule has 1 aromatic rings. The molecule has 0 radical (unpaired) electrons. The van der Waals surface area contributed by atoms with Crippen molar-refractivity contribution in [1.29, 1.82) is 0 Å². The Morgan fingerprint density at radius 1 is 1.53 bits per heavy atom. The Bertz CT molecular complexity index is 352. The number of ether oxygens (including phenoxy) is 1. The highest BCUT2D eigenvalue weighted by Gasteiger charge is 2.07. The average molecular weight is 228 g/mol. The van der Waals surface area contributed by atoms with Crippen molar-refractivity contribution >= 4 is 17.5 Å². The minimum Gasteiger partial charge on any atom is -0.496 e. The van der Waals surface area contributed by atoms with Gasteiger partial charge in [-0.15, -0.1) is 0 Å². The van der Waals surface area contributed by atoms with Gasteiger partial charge in [0.2, 0.25) is 5.91 Å². The molecule has 0 fully saturated rings. The number of carbonyl (C=O) groups is 1. The normalized spacial score (nSPS) is 9.80. The van der Waals surface area contributed by atoms with E-state index >= 15 is 0 Å². The summed E-state index contributed by atoms with van der Waals surface area (Å²) in [5.74, 6) is 0.691. The minimum absolute atomic E-state index is 0.00280. The number of nitrogens with one attached hydrogen (secondary N) is 1. The van der Waals surface area contributed by atoms with Crippen molar-refractivity contribution < 1.29 is 9.53 Å². The Kier molecular flexibility index (Phi) is 4.43. The number of carbonyl (C=O) groups excluding carboxylic acids is 1. The summed E-state index contributed by atoms with van der Waals surface area (Å²) in [5.41, 5.74) is 0.809. The van der Waals surface area contributed by atoms with Crippen LogP contribution in [-0.4, -0.2) is 13.0 Å². The van der Waals surface area contributed by atoms with Crippen LogP contribution >= 0.6 is 11.6 Å². The van der Waals surface area contributed by atoms with Crippen molar-refractivity contribution in [2.45, 2.75) is 19.9 Å². The zero-order chi connectivity index (χ0) is 11.3. The van der Waals surface area contributed by atoms with Gasteiger partial charge >= 0.3 is 0 Å². The van der Waals surface area contributed by atoms with E-state index in [1.807, 2.05) is 12.1 Å². The molecule has 0 unspecified atom stereocenters. The highest BCUT2D eigenvalue weighted by atomic mass is 35.5. The van der Waals surface area contributed by atoms with Gasteiger partial charge in [-0.25, -0.2) is 0 Å². The van der Waals surface area contributed by atoms with Gasteiger partial charge in [0.25, 0.3) is 0 Å². The van der Waals surface area contributed by atoms with E-state index in [1.165, 1.54) is 0 Å². The van der Waals surface area contributed by atoms with Gasteiger partial charge in [-0.05, 0) is 12.1 Å². The maximum Gasteiger partial charge on any atom is 0.219 e. The van der Waals surface area contributed by atoms with Crippen LogP contribution in [0.2, 0.25) is 5.02 Å². The van der Waals surface area contributed by atoms with Crippen LogP contribution in [0.25, 0.3) is 0 Å². The van der Waals surface area contributed by atoms with Crippen LogP contribution in [0.5, 0.6) is 5.75 Å². The van der Waals surface area contributed by atoms with E-state index in [1.54, 1.807) is 20.1 Å². The van der Waals surface area contributed by atoms with Crippen LogP contribution in [0, 0.1) is 0 Å². The first-order valence-electron chi connectivity index (χ1n) is 4.77. The topological polar surface area (TPSA) is 38.3 Å². The smallest absolute Gasteiger partial charge is 0.219 e. The molecule has 4 heteroatoms. The molecule has 1 aromatic carbocycles. The maximum absolute atomic E-state index is 11.1. The van der Waals surface area contributed by atoms with Crippen molar-refractivity contribution in [3.63, 3.8) is 0 Å². The van der Waals surface area contributed by atoms with E-state index in [0.29, 0.717) is 23.7 Å². The lowest BCUT2D eigenvalue weighted by atomic mass is 10.2. The van der Waals surface area contributed by atoms with Gasteiger partial charge in [0.15, 0.2) is 0 Å². The van der Waals surface area contributed by atoms with Crippen molar-refractivity contribution in [2.24, 2.45) is 0 Å². The number of rotatable bonds is 4. The Morgan fingerprint density at radius 3 is 2.87 bits per heavy atom. The van der Waals surface area contributed by atoms with Crippen LogP contribution < -0.4 is 10.1 Å². The summed E-state index contributed by atoms with van der Waals surface area (Å²) >= 11 is 6.00. The van der Waals surface area contributed by atoms with Gasteiger partial charge in [-0.1, -0.05) is 24.6 Å². The van der Waals surface area contributed by atoms with Gasteiger partial charge in [0.1, 0.15) is 5.75 Å². The second-order valence-electron chi connectivity index (χ2n) is 3.05. The minimum atomic E-state index is -0.00280. The molecule has 0 atom stereocenters. The quantitative estimate of drug-likeness (QED) is 0.858. The van der Waals surface area contributed by atoms with Crippen LogP contribution in [0.1, 0.15) is 18.9 Å². The lowest BCUT2D eigenvalue weighted by Gasteiger charge is -2.10. The second-order valence-corrected chi connectivity index (χ2v) is 3.46. The van der Waals surface area contributed by atoms with E-state index in [4.69, 9.17) is 16.3 Å². The molecule has 0 saturated carbocycles. The third kappa shape index (κ3) is 3.13. The van der Waals surface area contributed by atoms with Gasteiger partial charge in [0.05, 0.1) is 7.11 Å². The van der Waals surface area contributed by atoms with E-state index < -0.39 is 0 Å². The van der Waals surface area contributed by atoms with Gasteiger partial charge in [-0.3, -0.25) is 4.79 Å². The molecule has 1 amide bonds. The highest BCUT2D eigenvalue weighted by Crippen LogP contribution is 2.25. The van der Waals surface area contributed by atoms with E-state index in [2.05, 4.69) is 5.32 Å². The molecular formula is C11H14ClNO2. The first kappa shape index (κ1) is 11.9. The summed E-state index contributed by atoms with van der Waals surface area (Å²) in [6.07, 6.45) is 0.465. The molecule has 0 heterocycles. The molecular weight excluding hydrogens is 214 g/mol. The predicted octanol–water partition coefficient (Wildman–Crippen LogP) is 2.37. The van der Waals surface area contributed by atoms with Gasteiger partial charge < -0.3 is 10.1 Å². The lowest BCUT2D eigenvalue weighted by molar-refractivity contribution is -0.120. The third-order valence-electron chi connectivity index (χ3n) is 2.08. The SMILES string of the molecule is CCC(=O)NCc1c(Cl)cccc1OC. The molecule has 3 nitrogen and oxygen atoms in total. The fourth-order valence-electron chi connectivity index (χ4n) is 1.21. The summed E-state index contributed by atoms with van der Waals surface area (Å²) in [5, 5.41) is 3.36. The second kappa shape index (κ2) is 5.61. The van der Waals surface area contributed by atoms with Crippen LogP contribution in [0.4, 0.5) is 0 Å². The molecule has 0 saturated heterocycles. The lowest BCUT2D eigenvalue weighted by Crippen LogP contribution is -2.21. The number of halogens is 1. The molecule has 15 heavy (non-hydrogen) atoms. The summed E-state index contributed by atoms with van der Waals surface area (Å²) < 4.78 is 5.16. The average Bonchev–Trinajstić information content (AvgIpc) is 2.26. The van der Waals surface area contributed by atoms with Crippen molar-refractivity contribution in [3.8, 4) is 5.75 Å². The Morgan fingerprint density at radius 2 is 2.27 bits per heavy atom. The maximum atomic E-state index is 11.1. The van der Waals surface area contributed by atoms with E-state index in [9.17, 15) is 4.79 Å². The van der Waals surface area contributed by atoms with E-state index in [-0.39, 0.29) is 5.91 Å². The van der Waals surface area contributed by atoms with Gasteiger partial charge in [0, 0.05) is 23.6 Å². The summed E-state index contributed by atoms with van der Waals surface area (Å²) in [6, 6.07) is 5.41. The van der Waals surface area contributed by atoms with Crippen molar-refractivity contribution in [3.05, 3.63) is 28.8 Å². The molecule has 0 aromatic heterocycles. The van der Waals surface area contributed by atoms with Crippen molar-refractivity contribution in [1.82, 2.24) is 5.32 Å². The number of methoxy groups -OCH3 is 1. The zero-order valence-corrected chi connectivity index (χ0v) is 9.60. The van der Waals surface area contributed by atoms with Crippen LogP contribution in [0.3, 0.4) is 0 Å². The van der Waals surface area contributed by atoms with Crippen LogP contribution in [0.15, 0.2) is 18.2 Å². The van der Waals surface area contributed by atoms with Gasteiger partial charge in [-0.2, -0.15) is 0 Å². The standard InChI is InChI=1S/C11H14ClNO2/c1-3-11(14)13-7-8-9(12)5-4-6-10(8)15-2/h4-6H,3,7H2,1-2H3,(H,13,14). The fourth-order valence-corrected chi connectivity index (χ4v) is 1.45. The molecule has 0 aliphatic heterocycles. The Balaban J connectivity index is 2.78. The third-order valence-corrected chi connectivity index (χ3v) is 2.43. The number of hydrogen-bond acceptors (Lipinski definition) is 2. The number of amides is 1. The molecule has 0 spiro atoms. The molecule has 1 rings (SSSR count). The molecule has 0 aliphatic rings. The fraction of sp³-hybridized carbons (Fsp3) is 0.364. The number of hydrogen-bond donors (Lipinski definition) is 1. The largest absolute Gasteiger partial charge is 0.496 e. The first-order chi connectivity index (χ1) is 7.19. The van der Waals surface area contributed by atoms with Crippen molar-refractivity contribution in [2.75, 3.05) is 7.11 Å². The Labute approximate surface area is 94.4 Å². The van der Waals surface area contributed by atoms with Crippen LogP contribution in [-0.2, 0) is 11.3 Å². The number of benzene rings is 1. The Hall–Kier alpha value is -1.22.